The second-order valence-corrected chi connectivity index (χ2v) is 6.62. The van der Waals surface area contributed by atoms with Crippen LogP contribution in [0.3, 0.4) is 0 Å². The molecule has 26 heavy (non-hydrogen) atoms. The third-order valence-corrected chi connectivity index (χ3v) is 4.29. The van der Waals surface area contributed by atoms with E-state index in [9.17, 15) is 14.7 Å². The summed E-state index contributed by atoms with van der Waals surface area (Å²) in [6, 6.07) is 3.77. The quantitative estimate of drug-likeness (QED) is 0.597. The average Bonchev–Trinajstić information content (AvgIpc) is 2.82. The number of carboxylic acids is 1. The van der Waals surface area contributed by atoms with Crippen molar-refractivity contribution in [2.45, 2.75) is 26.8 Å². The van der Waals surface area contributed by atoms with E-state index in [4.69, 9.17) is 25.5 Å². The Bertz CT molecular complexity index is 835. The first kappa shape index (κ1) is 20.1. The van der Waals surface area contributed by atoms with Crippen molar-refractivity contribution in [2.24, 2.45) is 0 Å². The second kappa shape index (κ2) is 8.46. The third kappa shape index (κ3) is 4.50. The first-order valence-electron chi connectivity index (χ1n) is 7.63. The standard InChI is InChI=1S/C17H17BrClNO6/c1-4-24-17(23)26-14-8(2)15(25-9(14)3)13(16(21)22)20-12-6-5-10(18)7-11(12)19/h5-7,13,20H,4H2,1-3H3,(H,21,22). The van der Waals surface area contributed by atoms with Crippen molar-refractivity contribution in [1.82, 2.24) is 0 Å². The number of anilines is 1. The maximum Gasteiger partial charge on any atom is 0.513 e. The van der Waals surface area contributed by atoms with Crippen molar-refractivity contribution in [3.63, 3.8) is 0 Å². The Hall–Kier alpha value is -2.19. The molecular weight excluding hydrogens is 430 g/mol. The number of rotatable bonds is 6. The van der Waals surface area contributed by atoms with Gasteiger partial charge in [0.25, 0.3) is 0 Å². The summed E-state index contributed by atoms with van der Waals surface area (Å²) in [5, 5.41) is 12.8. The molecule has 2 rings (SSSR count). The largest absolute Gasteiger partial charge is 0.513 e. The number of ether oxygens (including phenoxy) is 2. The van der Waals surface area contributed by atoms with E-state index in [1.54, 1.807) is 39.0 Å². The van der Waals surface area contributed by atoms with E-state index in [1.165, 1.54) is 0 Å². The summed E-state index contributed by atoms with van der Waals surface area (Å²) in [6.07, 6.45) is -0.887. The van der Waals surface area contributed by atoms with Crippen LogP contribution in [0.1, 0.15) is 30.0 Å². The van der Waals surface area contributed by atoms with Gasteiger partial charge in [-0.1, -0.05) is 27.5 Å². The molecule has 0 bridgehead atoms. The number of nitrogens with one attached hydrogen (secondary N) is 1. The first-order chi connectivity index (χ1) is 12.2. The molecule has 0 saturated heterocycles. The summed E-state index contributed by atoms with van der Waals surface area (Å²) < 4.78 is 16.2. The fourth-order valence-corrected chi connectivity index (χ4v) is 3.05. The number of carboxylic acid groups (broad SMARTS) is 1. The minimum absolute atomic E-state index is 0.105. The maximum absolute atomic E-state index is 11.8. The molecule has 0 fully saturated rings. The van der Waals surface area contributed by atoms with Gasteiger partial charge in [-0.3, -0.25) is 0 Å². The minimum atomic E-state index is -1.23. The van der Waals surface area contributed by atoms with E-state index in [-0.39, 0.29) is 23.9 Å². The van der Waals surface area contributed by atoms with Crippen LogP contribution in [-0.4, -0.2) is 23.8 Å². The first-order valence-corrected chi connectivity index (χ1v) is 8.80. The maximum atomic E-state index is 11.8. The summed E-state index contributed by atoms with van der Waals surface area (Å²) in [7, 11) is 0. The highest BCUT2D eigenvalue weighted by molar-refractivity contribution is 9.10. The zero-order valence-corrected chi connectivity index (χ0v) is 16.6. The number of carbonyl (C=O) groups excluding carboxylic acids is 1. The Labute approximate surface area is 163 Å². The van der Waals surface area contributed by atoms with Gasteiger partial charge in [-0.05, 0) is 39.0 Å². The molecule has 1 atom stereocenters. The topological polar surface area (TPSA) is 98.0 Å². The van der Waals surface area contributed by atoms with Gasteiger partial charge in [0, 0.05) is 10.0 Å². The van der Waals surface area contributed by atoms with Crippen molar-refractivity contribution in [3.8, 4) is 5.75 Å². The zero-order chi connectivity index (χ0) is 19.4. The van der Waals surface area contributed by atoms with Gasteiger partial charge in [-0.2, -0.15) is 0 Å². The van der Waals surface area contributed by atoms with Crippen molar-refractivity contribution >= 4 is 45.3 Å². The molecule has 9 heteroatoms. The van der Waals surface area contributed by atoms with E-state index >= 15 is 0 Å². The van der Waals surface area contributed by atoms with Crippen molar-refractivity contribution in [1.29, 1.82) is 0 Å². The molecule has 1 heterocycles. The molecule has 0 radical (unpaired) electrons. The van der Waals surface area contributed by atoms with Crippen molar-refractivity contribution in [2.75, 3.05) is 11.9 Å². The van der Waals surface area contributed by atoms with Gasteiger partial charge in [0.05, 0.1) is 17.3 Å². The fourth-order valence-electron chi connectivity index (χ4n) is 2.32. The Kier molecular flexibility index (Phi) is 6.55. The van der Waals surface area contributed by atoms with Gasteiger partial charge in [0.2, 0.25) is 0 Å². The van der Waals surface area contributed by atoms with Crippen LogP contribution in [0.4, 0.5) is 10.5 Å². The molecule has 140 valence electrons. The third-order valence-electron chi connectivity index (χ3n) is 3.48. The van der Waals surface area contributed by atoms with Crippen LogP contribution in [0.15, 0.2) is 27.1 Å². The number of benzene rings is 1. The van der Waals surface area contributed by atoms with Crippen molar-refractivity contribution < 1.29 is 28.6 Å². The number of hydrogen-bond donors (Lipinski definition) is 2. The predicted octanol–water partition coefficient (Wildman–Crippen LogP) is 5.09. The van der Waals surface area contributed by atoms with Gasteiger partial charge in [0.15, 0.2) is 11.8 Å². The fraction of sp³-hybridized carbons (Fsp3) is 0.294. The molecule has 0 aliphatic heterocycles. The molecule has 1 aromatic carbocycles. The van der Waals surface area contributed by atoms with Crippen LogP contribution < -0.4 is 10.1 Å². The van der Waals surface area contributed by atoms with E-state index < -0.39 is 18.2 Å². The normalized spacial score (nSPS) is 11.7. The molecule has 0 aliphatic rings. The number of aryl methyl sites for hydroxylation is 1. The lowest BCUT2D eigenvalue weighted by Crippen LogP contribution is -2.21. The SMILES string of the molecule is CCOC(=O)Oc1c(C)oc(C(Nc2ccc(Br)cc2Cl)C(=O)O)c1C. The number of halogens is 2. The lowest BCUT2D eigenvalue weighted by Gasteiger charge is -2.16. The summed E-state index contributed by atoms with van der Waals surface area (Å²) >= 11 is 9.43. The van der Waals surface area contributed by atoms with Crippen LogP contribution in [0.5, 0.6) is 5.75 Å². The summed E-state index contributed by atoms with van der Waals surface area (Å²) in [5.74, 6) is -0.675. The van der Waals surface area contributed by atoms with Gasteiger partial charge in [-0.25, -0.2) is 9.59 Å². The molecule has 1 aromatic heterocycles. The van der Waals surface area contributed by atoms with E-state index in [0.29, 0.717) is 16.3 Å². The van der Waals surface area contributed by atoms with Crippen LogP contribution in [0, 0.1) is 13.8 Å². The number of hydrogen-bond acceptors (Lipinski definition) is 6. The molecule has 0 spiro atoms. The Balaban J connectivity index is 2.36. The Morgan fingerprint density at radius 2 is 2.08 bits per heavy atom. The zero-order valence-electron chi connectivity index (χ0n) is 14.3. The van der Waals surface area contributed by atoms with Gasteiger partial charge < -0.3 is 24.3 Å². The summed E-state index contributed by atoms with van der Waals surface area (Å²) in [6.45, 7) is 4.97. The van der Waals surface area contributed by atoms with Crippen LogP contribution in [0.2, 0.25) is 5.02 Å². The summed E-state index contributed by atoms with van der Waals surface area (Å²) in [4.78, 5) is 23.3. The highest BCUT2D eigenvalue weighted by Crippen LogP contribution is 2.36. The Morgan fingerprint density at radius 3 is 2.65 bits per heavy atom. The van der Waals surface area contributed by atoms with E-state index in [0.717, 1.165) is 4.47 Å². The molecule has 2 aromatic rings. The van der Waals surface area contributed by atoms with Crippen molar-refractivity contribution in [3.05, 3.63) is 44.8 Å². The lowest BCUT2D eigenvalue weighted by atomic mass is 10.1. The van der Waals surface area contributed by atoms with Gasteiger partial charge in [-0.15, -0.1) is 0 Å². The average molecular weight is 447 g/mol. The molecule has 0 amide bonds. The molecule has 2 N–H and O–H groups in total. The smallest absolute Gasteiger partial charge is 0.479 e. The van der Waals surface area contributed by atoms with Crippen LogP contribution >= 0.6 is 27.5 Å². The van der Waals surface area contributed by atoms with Crippen LogP contribution in [0.25, 0.3) is 0 Å². The highest BCUT2D eigenvalue weighted by Gasteiger charge is 2.30. The second-order valence-electron chi connectivity index (χ2n) is 5.30. The van der Waals surface area contributed by atoms with E-state index in [2.05, 4.69) is 21.2 Å². The van der Waals surface area contributed by atoms with Crippen LogP contribution in [-0.2, 0) is 9.53 Å². The molecule has 0 saturated carbocycles. The predicted molar refractivity (Wildman–Crippen MR) is 99.0 cm³/mol. The molecule has 0 aliphatic carbocycles. The molecular formula is C17H17BrClNO6. The van der Waals surface area contributed by atoms with Gasteiger partial charge in [0.1, 0.15) is 11.5 Å². The number of aliphatic carboxylic acids is 1. The minimum Gasteiger partial charge on any atom is -0.479 e. The van der Waals surface area contributed by atoms with E-state index in [1.807, 2.05) is 0 Å². The lowest BCUT2D eigenvalue weighted by molar-refractivity contribution is -0.138. The highest BCUT2D eigenvalue weighted by atomic mass is 79.9. The van der Waals surface area contributed by atoms with Gasteiger partial charge >= 0.3 is 12.1 Å². The monoisotopic (exact) mass is 445 g/mol. The summed E-state index contributed by atoms with van der Waals surface area (Å²) in [5.41, 5.74) is 0.798. The molecule has 7 nitrogen and oxygen atoms in total. The number of carbonyl (C=O) groups is 2. The Morgan fingerprint density at radius 1 is 1.38 bits per heavy atom. The number of furan rings is 1. The molecule has 1 unspecified atom stereocenters.